The Hall–Kier alpha value is -2.94. The molecule has 9 heteroatoms. The van der Waals surface area contributed by atoms with Crippen LogP contribution >= 0.6 is 0 Å². The van der Waals surface area contributed by atoms with Gasteiger partial charge in [-0.3, -0.25) is 19.7 Å². The molecule has 2 N–H and O–H groups in total. The van der Waals surface area contributed by atoms with E-state index in [1.165, 1.54) is 12.1 Å². The number of carbonyl (C=O) groups is 4. The molecule has 0 aromatic heterocycles. The lowest BCUT2D eigenvalue weighted by Gasteiger charge is -2.34. The van der Waals surface area contributed by atoms with E-state index >= 15 is 0 Å². The van der Waals surface area contributed by atoms with Crippen LogP contribution in [0.3, 0.4) is 0 Å². The number of aliphatic carboxylic acids is 1. The monoisotopic (exact) mass is 505 g/mol. The van der Waals surface area contributed by atoms with Gasteiger partial charge in [0.05, 0.1) is 5.92 Å². The van der Waals surface area contributed by atoms with E-state index in [9.17, 15) is 24.3 Å². The fraction of sp³-hybridized carbons (Fsp3) is 0.630. The van der Waals surface area contributed by atoms with Crippen molar-refractivity contribution in [3.63, 3.8) is 0 Å². The molecule has 9 nitrogen and oxygen atoms in total. The van der Waals surface area contributed by atoms with E-state index < -0.39 is 29.6 Å². The maximum atomic E-state index is 13.0. The highest BCUT2D eigenvalue weighted by Gasteiger charge is 2.45. The van der Waals surface area contributed by atoms with Gasteiger partial charge < -0.3 is 19.3 Å². The van der Waals surface area contributed by atoms with Crippen molar-refractivity contribution in [2.75, 3.05) is 0 Å². The van der Waals surface area contributed by atoms with E-state index in [-0.39, 0.29) is 42.7 Å². The van der Waals surface area contributed by atoms with Gasteiger partial charge in [0.15, 0.2) is 11.5 Å². The van der Waals surface area contributed by atoms with Crippen molar-refractivity contribution >= 4 is 23.9 Å². The molecule has 0 aliphatic heterocycles. The summed E-state index contributed by atoms with van der Waals surface area (Å²) in [6.45, 7) is 7.20. The predicted molar refractivity (Wildman–Crippen MR) is 133 cm³/mol. The highest BCUT2D eigenvalue weighted by Crippen LogP contribution is 2.32. The SMILES string of the molecule is CCCC(=O)Oc1ccc(C[C@](NC(C)C)(OC(=O)C2CCCCC2)C(=O)O)cc1OC(=O)CCC. The predicted octanol–water partition coefficient (Wildman–Crippen LogP) is 4.54. The molecule has 1 aliphatic rings. The lowest BCUT2D eigenvalue weighted by molar-refractivity contribution is -0.188. The van der Waals surface area contributed by atoms with Gasteiger partial charge >= 0.3 is 23.9 Å². The number of hydrogen-bond donors (Lipinski definition) is 2. The first-order chi connectivity index (χ1) is 17.1. The molecular formula is C27H39NO8. The molecule has 0 heterocycles. The number of ether oxygens (including phenoxy) is 3. The molecule has 1 aromatic carbocycles. The fourth-order valence-corrected chi connectivity index (χ4v) is 4.23. The first-order valence-electron chi connectivity index (χ1n) is 12.9. The lowest BCUT2D eigenvalue weighted by Crippen LogP contribution is -2.59. The lowest BCUT2D eigenvalue weighted by atomic mass is 9.89. The van der Waals surface area contributed by atoms with Crippen LogP contribution in [-0.2, 0) is 30.3 Å². The van der Waals surface area contributed by atoms with Crippen LogP contribution in [0.1, 0.15) is 91.0 Å². The van der Waals surface area contributed by atoms with Gasteiger partial charge in [0.1, 0.15) is 0 Å². The number of benzene rings is 1. The van der Waals surface area contributed by atoms with Crippen LogP contribution < -0.4 is 14.8 Å². The molecule has 1 saturated carbocycles. The largest absolute Gasteiger partial charge is 0.477 e. The summed E-state index contributed by atoms with van der Waals surface area (Å²) in [6, 6.07) is 4.18. The quantitative estimate of drug-likeness (QED) is 0.225. The summed E-state index contributed by atoms with van der Waals surface area (Å²) in [5, 5.41) is 13.1. The number of carboxylic acid groups (broad SMARTS) is 1. The van der Waals surface area contributed by atoms with Gasteiger partial charge in [0, 0.05) is 25.3 Å². The van der Waals surface area contributed by atoms with Gasteiger partial charge in [-0.1, -0.05) is 39.2 Å². The van der Waals surface area contributed by atoms with Crippen molar-refractivity contribution in [2.45, 2.75) is 104 Å². The number of nitrogens with one attached hydrogen (secondary N) is 1. The Kier molecular flexibility index (Phi) is 11.4. The fourth-order valence-electron chi connectivity index (χ4n) is 4.23. The summed E-state index contributed by atoms with van der Waals surface area (Å²) in [4.78, 5) is 49.7. The van der Waals surface area contributed by atoms with E-state index in [4.69, 9.17) is 14.2 Å². The van der Waals surface area contributed by atoms with Crippen LogP contribution in [0, 0.1) is 5.92 Å². The highest BCUT2D eigenvalue weighted by molar-refractivity contribution is 5.83. The smallest absolute Gasteiger partial charge is 0.364 e. The van der Waals surface area contributed by atoms with Crippen LogP contribution in [0.25, 0.3) is 0 Å². The zero-order chi connectivity index (χ0) is 26.7. The van der Waals surface area contributed by atoms with Gasteiger partial charge in [-0.05, 0) is 57.2 Å². The van der Waals surface area contributed by atoms with E-state index in [1.807, 2.05) is 13.8 Å². The molecule has 0 saturated heterocycles. The Morgan fingerprint density at radius 2 is 1.56 bits per heavy atom. The van der Waals surface area contributed by atoms with Crippen molar-refractivity contribution in [3.8, 4) is 11.5 Å². The molecule has 0 bridgehead atoms. The Morgan fingerprint density at radius 1 is 0.972 bits per heavy atom. The molecule has 1 fully saturated rings. The van der Waals surface area contributed by atoms with E-state index in [1.54, 1.807) is 19.9 Å². The average Bonchev–Trinajstić information content (AvgIpc) is 2.81. The van der Waals surface area contributed by atoms with Gasteiger partial charge in [-0.25, -0.2) is 4.79 Å². The number of rotatable bonds is 13. The summed E-state index contributed by atoms with van der Waals surface area (Å²) in [7, 11) is 0. The van der Waals surface area contributed by atoms with Crippen LogP contribution in [0.4, 0.5) is 0 Å². The van der Waals surface area contributed by atoms with Crippen LogP contribution in [-0.4, -0.2) is 40.8 Å². The maximum absolute atomic E-state index is 13.0. The van der Waals surface area contributed by atoms with Gasteiger partial charge in [-0.15, -0.1) is 0 Å². The number of esters is 3. The Morgan fingerprint density at radius 3 is 2.08 bits per heavy atom. The molecule has 0 spiro atoms. The van der Waals surface area contributed by atoms with E-state index in [0.29, 0.717) is 31.2 Å². The number of carbonyl (C=O) groups excluding carboxylic acids is 3. The van der Waals surface area contributed by atoms with Crippen molar-refractivity contribution in [1.82, 2.24) is 5.32 Å². The molecule has 0 amide bonds. The zero-order valence-electron chi connectivity index (χ0n) is 21.8. The third kappa shape index (κ3) is 8.62. The molecule has 1 atom stereocenters. The van der Waals surface area contributed by atoms with Gasteiger partial charge in [0.2, 0.25) is 0 Å². The van der Waals surface area contributed by atoms with E-state index in [0.717, 1.165) is 19.3 Å². The van der Waals surface area contributed by atoms with Crippen LogP contribution in [0.15, 0.2) is 18.2 Å². The highest BCUT2D eigenvalue weighted by atomic mass is 16.6. The van der Waals surface area contributed by atoms with Crippen molar-refractivity contribution in [1.29, 1.82) is 0 Å². The molecule has 0 unspecified atom stereocenters. The Balaban J connectivity index is 2.40. The first-order valence-corrected chi connectivity index (χ1v) is 12.9. The topological polar surface area (TPSA) is 128 Å². The minimum atomic E-state index is -2.02. The Labute approximate surface area is 212 Å². The second kappa shape index (κ2) is 14.0. The molecule has 2 rings (SSSR count). The van der Waals surface area contributed by atoms with Gasteiger partial charge in [0.25, 0.3) is 5.72 Å². The Bertz CT molecular complexity index is 922. The molecule has 1 aliphatic carbocycles. The first kappa shape index (κ1) is 29.3. The number of carboxylic acids is 1. The number of hydrogen-bond acceptors (Lipinski definition) is 8. The molecule has 200 valence electrons. The summed E-state index contributed by atoms with van der Waals surface area (Å²) in [5.41, 5.74) is -1.59. The molecule has 36 heavy (non-hydrogen) atoms. The molecule has 1 aromatic rings. The normalized spacial score (nSPS) is 15.7. The minimum Gasteiger partial charge on any atom is -0.477 e. The molecule has 0 radical (unpaired) electrons. The second-order valence-electron chi connectivity index (χ2n) is 9.59. The average molecular weight is 506 g/mol. The molecular weight excluding hydrogens is 466 g/mol. The maximum Gasteiger partial charge on any atom is 0.364 e. The van der Waals surface area contributed by atoms with Crippen LogP contribution in [0.5, 0.6) is 11.5 Å². The van der Waals surface area contributed by atoms with Crippen molar-refractivity contribution in [2.24, 2.45) is 5.92 Å². The summed E-state index contributed by atoms with van der Waals surface area (Å²) in [5.74, 6) is -3.10. The third-order valence-corrected chi connectivity index (χ3v) is 5.90. The summed E-state index contributed by atoms with van der Waals surface area (Å²) >= 11 is 0. The summed E-state index contributed by atoms with van der Waals surface area (Å²) < 4.78 is 16.5. The van der Waals surface area contributed by atoms with Crippen molar-refractivity contribution in [3.05, 3.63) is 23.8 Å². The second-order valence-corrected chi connectivity index (χ2v) is 9.59. The standard InChI is InChI=1S/C27H39NO8/c1-5-10-23(29)34-21-15-14-19(16-22(21)35-24(30)11-6-2)17-27(26(32)33,28-18(3)4)36-25(31)20-12-8-7-9-13-20/h14-16,18,20,28H,5-13,17H2,1-4H3,(H,32,33)/t27-/m0/s1. The van der Waals surface area contributed by atoms with E-state index in [2.05, 4.69) is 5.32 Å². The van der Waals surface area contributed by atoms with Gasteiger partial charge in [-0.2, -0.15) is 0 Å². The summed E-state index contributed by atoms with van der Waals surface area (Å²) in [6.07, 6.45) is 5.51. The third-order valence-electron chi connectivity index (χ3n) is 5.90. The van der Waals surface area contributed by atoms with Crippen LogP contribution in [0.2, 0.25) is 0 Å². The van der Waals surface area contributed by atoms with Crippen molar-refractivity contribution < 1.29 is 38.5 Å². The zero-order valence-corrected chi connectivity index (χ0v) is 21.8. The minimum absolute atomic E-state index is 0.0119.